The molecule has 0 saturated heterocycles. The van der Waals surface area contributed by atoms with Crippen LogP contribution < -0.4 is 10.6 Å². The van der Waals surface area contributed by atoms with Crippen molar-refractivity contribution in [1.82, 2.24) is 9.97 Å². The third-order valence-corrected chi connectivity index (χ3v) is 3.88. The largest absolute Gasteiger partial charge is 0.465 e. The number of rotatable bonds is 5. The van der Waals surface area contributed by atoms with Crippen LogP contribution in [0.3, 0.4) is 0 Å². The summed E-state index contributed by atoms with van der Waals surface area (Å²) < 4.78 is 4.68. The van der Waals surface area contributed by atoms with E-state index in [1.165, 1.54) is 13.2 Å². The standard InChI is InChI=1S/C21H17N5O3/c1-13-9-18(19(27)24-17-8-4-6-15(11-17)20(28)29-2)26-21(23-13)25-16-7-3-5-14(10-16)12-22/h3-11H,1-2H3,(H,24,27)(H,23,25,26). The second-order valence-corrected chi connectivity index (χ2v) is 6.06. The van der Waals surface area contributed by atoms with Crippen molar-refractivity contribution in [3.8, 4) is 6.07 Å². The quantitative estimate of drug-likeness (QED) is 0.644. The van der Waals surface area contributed by atoms with Crippen LogP contribution in [0.25, 0.3) is 0 Å². The van der Waals surface area contributed by atoms with Crippen molar-refractivity contribution in [3.63, 3.8) is 0 Å². The molecular formula is C21H17N5O3. The third kappa shape index (κ3) is 4.93. The number of methoxy groups -OCH3 is 1. The number of hydrogen-bond acceptors (Lipinski definition) is 7. The van der Waals surface area contributed by atoms with Crippen molar-refractivity contribution in [2.24, 2.45) is 0 Å². The van der Waals surface area contributed by atoms with E-state index in [0.717, 1.165) is 0 Å². The lowest BCUT2D eigenvalue weighted by atomic mass is 10.2. The maximum atomic E-state index is 12.6. The van der Waals surface area contributed by atoms with Crippen LogP contribution in [0.1, 0.15) is 32.1 Å². The molecule has 0 bridgehead atoms. The van der Waals surface area contributed by atoms with E-state index in [1.54, 1.807) is 55.5 Å². The Balaban J connectivity index is 1.81. The second kappa shape index (κ2) is 8.63. The van der Waals surface area contributed by atoms with Crippen molar-refractivity contribution in [2.75, 3.05) is 17.7 Å². The Morgan fingerprint density at radius 2 is 1.79 bits per heavy atom. The van der Waals surface area contributed by atoms with Crippen molar-refractivity contribution in [3.05, 3.63) is 77.1 Å². The van der Waals surface area contributed by atoms with Gasteiger partial charge in [0.05, 0.1) is 24.3 Å². The van der Waals surface area contributed by atoms with Gasteiger partial charge in [-0.15, -0.1) is 0 Å². The number of esters is 1. The fourth-order valence-electron chi connectivity index (χ4n) is 2.57. The minimum Gasteiger partial charge on any atom is -0.465 e. The molecule has 0 saturated carbocycles. The first kappa shape index (κ1) is 19.5. The van der Waals surface area contributed by atoms with Gasteiger partial charge in [-0.1, -0.05) is 12.1 Å². The molecule has 8 heteroatoms. The molecule has 1 heterocycles. The van der Waals surface area contributed by atoms with Gasteiger partial charge in [0.2, 0.25) is 5.95 Å². The van der Waals surface area contributed by atoms with E-state index in [0.29, 0.717) is 28.2 Å². The summed E-state index contributed by atoms with van der Waals surface area (Å²) in [7, 11) is 1.29. The zero-order valence-corrected chi connectivity index (χ0v) is 15.8. The van der Waals surface area contributed by atoms with Crippen molar-refractivity contribution < 1.29 is 14.3 Å². The molecule has 0 aliphatic rings. The number of benzene rings is 2. The Morgan fingerprint density at radius 1 is 1.03 bits per heavy atom. The van der Waals surface area contributed by atoms with Crippen LogP contribution in [-0.4, -0.2) is 29.0 Å². The first-order chi connectivity index (χ1) is 14.0. The van der Waals surface area contributed by atoms with Crippen LogP contribution in [0.15, 0.2) is 54.6 Å². The van der Waals surface area contributed by atoms with E-state index in [1.807, 2.05) is 0 Å². The Kier molecular flexibility index (Phi) is 5.80. The average Bonchev–Trinajstić information content (AvgIpc) is 2.73. The lowest BCUT2D eigenvalue weighted by Gasteiger charge is -2.10. The van der Waals surface area contributed by atoms with Gasteiger partial charge in [-0.25, -0.2) is 14.8 Å². The predicted molar refractivity (Wildman–Crippen MR) is 107 cm³/mol. The van der Waals surface area contributed by atoms with Crippen LogP contribution in [0.2, 0.25) is 0 Å². The lowest BCUT2D eigenvalue weighted by molar-refractivity contribution is 0.0600. The highest BCUT2D eigenvalue weighted by molar-refractivity contribution is 6.03. The minimum atomic E-state index is -0.495. The number of nitrogens with zero attached hydrogens (tertiary/aromatic N) is 3. The Labute approximate surface area is 167 Å². The van der Waals surface area contributed by atoms with Crippen LogP contribution >= 0.6 is 0 Å². The van der Waals surface area contributed by atoms with Gasteiger partial charge in [-0.2, -0.15) is 5.26 Å². The highest BCUT2D eigenvalue weighted by atomic mass is 16.5. The van der Waals surface area contributed by atoms with E-state index in [2.05, 4.69) is 31.4 Å². The topological polar surface area (TPSA) is 117 Å². The molecule has 0 radical (unpaired) electrons. The number of aromatic nitrogens is 2. The monoisotopic (exact) mass is 387 g/mol. The van der Waals surface area contributed by atoms with E-state index in [9.17, 15) is 9.59 Å². The molecule has 2 N–H and O–H groups in total. The first-order valence-corrected chi connectivity index (χ1v) is 8.61. The molecule has 0 unspecified atom stereocenters. The highest BCUT2D eigenvalue weighted by Gasteiger charge is 2.13. The van der Waals surface area contributed by atoms with Gasteiger partial charge in [-0.3, -0.25) is 4.79 Å². The number of nitrogens with one attached hydrogen (secondary N) is 2. The van der Waals surface area contributed by atoms with E-state index in [4.69, 9.17) is 5.26 Å². The number of hydrogen-bond donors (Lipinski definition) is 2. The number of carbonyl (C=O) groups is 2. The molecule has 1 amide bonds. The van der Waals surface area contributed by atoms with Gasteiger partial charge in [-0.05, 0) is 49.4 Å². The summed E-state index contributed by atoms with van der Waals surface area (Å²) in [4.78, 5) is 32.8. The summed E-state index contributed by atoms with van der Waals surface area (Å²) >= 11 is 0. The fraction of sp³-hybridized carbons (Fsp3) is 0.0952. The predicted octanol–water partition coefficient (Wildman–Crippen LogP) is 3.44. The molecule has 0 atom stereocenters. The summed E-state index contributed by atoms with van der Waals surface area (Å²) in [5.74, 6) is -0.718. The van der Waals surface area contributed by atoms with Gasteiger partial charge in [0.15, 0.2) is 0 Å². The Bertz CT molecular complexity index is 1120. The molecule has 29 heavy (non-hydrogen) atoms. The van der Waals surface area contributed by atoms with Gasteiger partial charge in [0.1, 0.15) is 5.69 Å². The maximum Gasteiger partial charge on any atom is 0.337 e. The summed E-state index contributed by atoms with van der Waals surface area (Å²) in [6, 6.07) is 16.9. The molecule has 0 fully saturated rings. The number of aryl methyl sites for hydroxylation is 1. The lowest BCUT2D eigenvalue weighted by Crippen LogP contribution is -2.16. The van der Waals surface area contributed by atoms with Gasteiger partial charge >= 0.3 is 5.97 Å². The molecule has 144 valence electrons. The van der Waals surface area contributed by atoms with Crippen LogP contribution in [0, 0.1) is 18.3 Å². The van der Waals surface area contributed by atoms with Crippen molar-refractivity contribution in [2.45, 2.75) is 6.92 Å². The molecule has 2 aromatic carbocycles. The van der Waals surface area contributed by atoms with Gasteiger partial charge in [0, 0.05) is 17.1 Å². The molecule has 3 rings (SSSR count). The molecule has 8 nitrogen and oxygen atoms in total. The molecule has 1 aromatic heterocycles. The van der Waals surface area contributed by atoms with Crippen LogP contribution in [0.5, 0.6) is 0 Å². The minimum absolute atomic E-state index is 0.153. The molecule has 3 aromatic rings. The summed E-state index contributed by atoms with van der Waals surface area (Å²) in [5, 5.41) is 14.7. The number of anilines is 3. The number of ether oxygens (including phenoxy) is 1. The SMILES string of the molecule is COC(=O)c1cccc(NC(=O)c2cc(C)nc(Nc3cccc(C#N)c3)n2)c1. The molecule has 0 spiro atoms. The summed E-state index contributed by atoms with van der Waals surface area (Å²) in [6.07, 6.45) is 0. The van der Waals surface area contributed by atoms with E-state index in [-0.39, 0.29) is 11.6 Å². The normalized spacial score (nSPS) is 9.97. The van der Waals surface area contributed by atoms with Gasteiger partial charge < -0.3 is 15.4 Å². The number of nitriles is 1. The smallest absolute Gasteiger partial charge is 0.337 e. The Morgan fingerprint density at radius 3 is 2.55 bits per heavy atom. The van der Waals surface area contributed by atoms with Crippen LogP contribution in [-0.2, 0) is 4.74 Å². The fourth-order valence-corrected chi connectivity index (χ4v) is 2.57. The second-order valence-electron chi connectivity index (χ2n) is 6.06. The number of carbonyl (C=O) groups excluding carboxylic acids is 2. The molecular weight excluding hydrogens is 370 g/mol. The van der Waals surface area contributed by atoms with Gasteiger partial charge in [0.25, 0.3) is 5.91 Å². The third-order valence-electron chi connectivity index (χ3n) is 3.88. The van der Waals surface area contributed by atoms with E-state index >= 15 is 0 Å². The van der Waals surface area contributed by atoms with Crippen molar-refractivity contribution >= 4 is 29.2 Å². The summed E-state index contributed by atoms with van der Waals surface area (Å²) in [6.45, 7) is 1.74. The zero-order chi connectivity index (χ0) is 20.8. The van der Waals surface area contributed by atoms with Crippen LogP contribution in [0.4, 0.5) is 17.3 Å². The maximum absolute atomic E-state index is 12.6. The number of amides is 1. The molecule has 0 aliphatic heterocycles. The molecule has 0 aliphatic carbocycles. The average molecular weight is 387 g/mol. The highest BCUT2D eigenvalue weighted by Crippen LogP contribution is 2.17. The van der Waals surface area contributed by atoms with E-state index < -0.39 is 11.9 Å². The zero-order valence-electron chi connectivity index (χ0n) is 15.8. The van der Waals surface area contributed by atoms with Crippen molar-refractivity contribution in [1.29, 1.82) is 5.26 Å². The summed E-state index contributed by atoms with van der Waals surface area (Å²) in [5.41, 5.74) is 2.62. The first-order valence-electron chi connectivity index (χ1n) is 8.61. The Hall–Kier alpha value is -4.25.